The average molecular weight is 258 g/mol. The van der Waals surface area contributed by atoms with Gasteiger partial charge in [-0.05, 0) is 6.92 Å². The van der Waals surface area contributed by atoms with Crippen molar-refractivity contribution in [2.75, 3.05) is 11.9 Å². The van der Waals surface area contributed by atoms with Crippen LogP contribution < -0.4 is 5.32 Å². The summed E-state index contributed by atoms with van der Waals surface area (Å²) in [5, 5.41) is 30.9. The van der Waals surface area contributed by atoms with Gasteiger partial charge in [-0.1, -0.05) is 0 Å². The topological polar surface area (TPSA) is 113 Å². The molecule has 0 bridgehead atoms. The highest BCUT2D eigenvalue weighted by Gasteiger charge is 2.21. The van der Waals surface area contributed by atoms with E-state index >= 15 is 0 Å². The molecule has 98 valence electrons. The van der Waals surface area contributed by atoms with E-state index in [1.54, 1.807) is 0 Å². The van der Waals surface area contributed by atoms with E-state index in [9.17, 15) is 19.3 Å². The molecule has 0 saturated heterocycles. The van der Waals surface area contributed by atoms with Crippen LogP contribution in [-0.2, 0) is 0 Å². The standard InChI is InChI=1S/C10H11FN2O5/c1-5(14)4-12-8-3-7(11)6(10(15)16)2-9(8)13(17)18/h2-3,5,12,14H,4H2,1H3,(H,15,16). The molecule has 0 heterocycles. The smallest absolute Gasteiger partial charge is 0.338 e. The maximum Gasteiger partial charge on any atom is 0.338 e. The summed E-state index contributed by atoms with van der Waals surface area (Å²) >= 11 is 0. The molecule has 1 atom stereocenters. The summed E-state index contributed by atoms with van der Waals surface area (Å²) in [5.74, 6) is -2.67. The van der Waals surface area contributed by atoms with Crippen LogP contribution in [0.4, 0.5) is 15.8 Å². The monoisotopic (exact) mass is 258 g/mol. The molecule has 18 heavy (non-hydrogen) atoms. The number of hydrogen-bond acceptors (Lipinski definition) is 5. The van der Waals surface area contributed by atoms with Crippen LogP contribution in [0.3, 0.4) is 0 Å². The van der Waals surface area contributed by atoms with E-state index in [1.807, 2.05) is 0 Å². The number of nitrogens with one attached hydrogen (secondary N) is 1. The molecule has 0 saturated carbocycles. The first kappa shape index (κ1) is 13.8. The summed E-state index contributed by atoms with van der Waals surface area (Å²) in [5.41, 5.74) is -1.51. The van der Waals surface area contributed by atoms with E-state index in [-0.39, 0.29) is 12.2 Å². The Morgan fingerprint density at radius 2 is 2.22 bits per heavy atom. The van der Waals surface area contributed by atoms with E-state index in [0.717, 1.165) is 6.07 Å². The van der Waals surface area contributed by atoms with E-state index in [4.69, 9.17) is 10.2 Å². The van der Waals surface area contributed by atoms with Crippen LogP contribution in [-0.4, -0.2) is 33.8 Å². The Hall–Kier alpha value is -2.22. The number of rotatable bonds is 5. The molecule has 0 aromatic heterocycles. The SMILES string of the molecule is CC(O)CNc1cc(F)c(C(=O)O)cc1[N+](=O)[O-]. The third-order valence-corrected chi connectivity index (χ3v) is 2.10. The van der Waals surface area contributed by atoms with Crippen molar-refractivity contribution in [1.29, 1.82) is 0 Å². The highest BCUT2D eigenvalue weighted by Crippen LogP contribution is 2.27. The lowest BCUT2D eigenvalue weighted by Crippen LogP contribution is -2.16. The van der Waals surface area contributed by atoms with E-state index in [1.165, 1.54) is 6.92 Å². The van der Waals surface area contributed by atoms with Gasteiger partial charge >= 0.3 is 5.97 Å². The summed E-state index contributed by atoms with van der Waals surface area (Å²) < 4.78 is 13.4. The molecule has 0 amide bonds. The molecule has 8 heteroatoms. The highest BCUT2D eigenvalue weighted by molar-refractivity contribution is 5.90. The second-order valence-electron chi connectivity index (χ2n) is 3.64. The molecular weight excluding hydrogens is 247 g/mol. The van der Waals surface area contributed by atoms with Crippen LogP contribution in [0.5, 0.6) is 0 Å². The minimum absolute atomic E-state index is 0.0211. The highest BCUT2D eigenvalue weighted by atomic mass is 19.1. The average Bonchev–Trinajstić information content (AvgIpc) is 2.25. The molecule has 7 nitrogen and oxygen atoms in total. The predicted octanol–water partition coefficient (Wildman–Crippen LogP) is 1.22. The Balaban J connectivity index is 3.20. The minimum Gasteiger partial charge on any atom is -0.478 e. The molecular formula is C10H11FN2O5. The normalized spacial score (nSPS) is 11.9. The van der Waals surface area contributed by atoms with Crippen molar-refractivity contribution >= 4 is 17.3 Å². The lowest BCUT2D eigenvalue weighted by atomic mass is 10.1. The van der Waals surface area contributed by atoms with Gasteiger partial charge in [-0.15, -0.1) is 0 Å². The number of nitrogens with zero attached hydrogens (tertiary/aromatic N) is 1. The fourth-order valence-electron chi connectivity index (χ4n) is 1.28. The molecule has 0 spiro atoms. The van der Waals surface area contributed by atoms with Crippen molar-refractivity contribution in [2.24, 2.45) is 0 Å². The predicted molar refractivity (Wildman–Crippen MR) is 60.2 cm³/mol. The number of aliphatic hydroxyl groups is 1. The summed E-state index contributed by atoms with van der Waals surface area (Å²) in [7, 11) is 0. The maximum atomic E-state index is 13.4. The molecule has 0 aliphatic rings. The molecule has 0 radical (unpaired) electrons. The molecule has 0 aliphatic heterocycles. The first-order valence-electron chi connectivity index (χ1n) is 4.96. The molecule has 3 N–H and O–H groups in total. The van der Waals surface area contributed by atoms with Gasteiger partial charge in [0.1, 0.15) is 17.1 Å². The first-order chi connectivity index (χ1) is 8.32. The third-order valence-electron chi connectivity index (χ3n) is 2.10. The number of anilines is 1. The van der Waals surface area contributed by atoms with Crippen LogP contribution in [0.25, 0.3) is 0 Å². The number of nitro groups is 1. The van der Waals surface area contributed by atoms with Gasteiger partial charge in [0, 0.05) is 18.7 Å². The van der Waals surface area contributed by atoms with Crippen LogP contribution in [0, 0.1) is 15.9 Å². The summed E-state index contributed by atoms with van der Waals surface area (Å²) in [4.78, 5) is 20.6. The lowest BCUT2D eigenvalue weighted by molar-refractivity contribution is -0.384. The van der Waals surface area contributed by atoms with Crippen molar-refractivity contribution in [3.8, 4) is 0 Å². The number of carbonyl (C=O) groups is 1. The zero-order valence-electron chi connectivity index (χ0n) is 9.38. The fraction of sp³-hybridized carbons (Fsp3) is 0.300. The maximum absolute atomic E-state index is 13.4. The summed E-state index contributed by atoms with van der Waals surface area (Å²) in [6, 6.07) is 1.37. The number of carboxylic acids is 1. The summed E-state index contributed by atoms with van der Waals surface area (Å²) in [6.07, 6.45) is -0.785. The van der Waals surface area contributed by atoms with Gasteiger partial charge in [0.15, 0.2) is 0 Å². The summed E-state index contributed by atoms with van der Waals surface area (Å²) in [6.45, 7) is 1.42. The minimum atomic E-state index is -1.59. The molecule has 1 unspecified atom stereocenters. The number of carboxylic acid groups (broad SMARTS) is 1. The Kier molecular flexibility index (Phi) is 4.16. The van der Waals surface area contributed by atoms with Gasteiger partial charge in [-0.3, -0.25) is 10.1 Å². The number of aliphatic hydroxyl groups excluding tert-OH is 1. The van der Waals surface area contributed by atoms with Crippen molar-refractivity contribution in [2.45, 2.75) is 13.0 Å². The quantitative estimate of drug-likeness (QED) is 0.540. The second kappa shape index (κ2) is 5.41. The van der Waals surface area contributed by atoms with Crippen LogP contribution in [0.1, 0.15) is 17.3 Å². The molecule has 1 aromatic rings. The van der Waals surface area contributed by atoms with Gasteiger partial charge in [0.25, 0.3) is 5.69 Å². The second-order valence-corrected chi connectivity index (χ2v) is 3.64. The van der Waals surface area contributed by atoms with Crippen molar-refractivity contribution < 1.29 is 24.3 Å². The van der Waals surface area contributed by atoms with Crippen molar-refractivity contribution in [1.82, 2.24) is 0 Å². The lowest BCUT2D eigenvalue weighted by Gasteiger charge is -2.09. The van der Waals surface area contributed by atoms with Crippen molar-refractivity contribution in [3.63, 3.8) is 0 Å². The number of nitro benzene ring substituents is 1. The van der Waals surface area contributed by atoms with Gasteiger partial charge in [0.05, 0.1) is 11.0 Å². The Morgan fingerprint density at radius 1 is 1.61 bits per heavy atom. The Labute approximate surface area is 101 Å². The number of aromatic carboxylic acids is 1. The molecule has 0 aliphatic carbocycles. The van der Waals surface area contributed by atoms with Gasteiger partial charge in [-0.2, -0.15) is 0 Å². The fourth-order valence-corrected chi connectivity index (χ4v) is 1.28. The molecule has 0 fully saturated rings. The first-order valence-corrected chi connectivity index (χ1v) is 4.96. The van der Waals surface area contributed by atoms with Gasteiger partial charge in [0.2, 0.25) is 0 Å². The molecule has 1 rings (SSSR count). The van der Waals surface area contributed by atoms with Crippen LogP contribution in [0.2, 0.25) is 0 Å². The van der Waals surface area contributed by atoms with Gasteiger partial charge in [-0.25, -0.2) is 9.18 Å². The zero-order valence-corrected chi connectivity index (χ0v) is 9.38. The van der Waals surface area contributed by atoms with E-state index < -0.39 is 34.1 Å². The number of hydrogen-bond donors (Lipinski definition) is 3. The third kappa shape index (κ3) is 3.14. The Bertz CT molecular complexity index is 489. The number of halogens is 1. The van der Waals surface area contributed by atoms with E-state index in [0.29, 0.717) is 6.07 Å². The molecule has 1 aromatic carbocycles. The van der Waals surface area contributed by atoms with Crippen molar-refractivity contribution in [3.05, 3.63) is 33.6 Å². The van der Waals surface area contributed by atoms with Gasteiger partial charge < -0.3 is 15.5 Å². The number of benzene rings is 1. The van der Waals surface area contributed by atoms with E-state index in [2.05, 4.69) is 5.32 Å². The zero-order chi connectivity index (χ0) is 13.9. The van der Waals surface area contributed by atoms with Crippen LogP contribution in [0.15, 0.2) is 12.1 Å². The largest absolute Gasteiger partial charge is 0.478 e. The van der Waals surface area contributed by atoms with Crippen LogP contribution >= 0.6 is 0 Å². The Morgan fingerprint density at radius 3 is 2.67 bits per heavy atom.